The minimum Gasteiger partial charge on any atom is -0.467 e. The number of rotatable bonds is 3. The van der Waals surface area contributed by atoms with Gasteiger partial charge in [0.25, 0.3) is 5.88 Å². The molecule has 2 rings (SSSR count). The van der Waals surface area contributed by atoms with E-state index in [0.29, 0.717) is 6.54 Å². The second-order valence-corrected chi connectivity index (χ2v) is 3.94. The fraction of sp³-hybridized carbons (Fsp3) is 0.214. The minimum atomic E-state index is -0.685. The number of hydrogen-bond acceptors (Lipinski definition) is 5. The second-order valence-electron chi connectivity index (χ2n) is 3.94. The minimum absolute atomic E-state index is 0.0262. The van der Waals surface area contributed by atoms with Crippen molar-refractivity contribution in [3.8, 4) is 0 Å². The fourth-order valence-electron chi connectivity index (χ4n) is 1.84. The molecule has 1 aromatic carbocycles. The van der Waals surface area contributed by atoms with Crippen LogP contribution in [0.2, 0.25) is 0 Å². The molecule has 0 fully saturated rings. The summed E-state index contributed by atoms with van der Waals surface area (Å²) in [5.41, 5.74) is 0.947. The molecule has 5 heteroatoms. The lowest BCUT2D eigenvalue weighted by Crippen LogP contribution is -2.42. The van der Waals surface area contributed by atoms with E-state index in [4.69, 9.17) is 9.47 Å². The molecule has 0 aromatic heterocycles. The van der Waals surface area contributed by atoms with Gasteiger partial charge in [-0.25, -0.2) is 9.59 Å². The lowest BCUT2D eigenvalue weighted by molar-refractivity contribution is -0.145. The highest BCUT2D eigenvalue weighted by molar-refractivity contribution is 5.79. The Morgan fingerprint density at radius 1 is 1.42 bits per heavy atom. The average molecular weight is 259 g/mol. The zero-order chi connectivity index (χ0) is 13.7. The first-order valence-electron chi connectivity index (χ1n) is 5.73. The van der Waals surface area contributed by atoms with Gasteiger partial charge in [0.1, 0.15) is 0 Å². The Kier molecular flexibility index (Phi) is 4.00. The Morgan fingerprint density at radius 3 is 2.79 bits per heavy atom. The third kappa shape index (κ3) is 2.84. The number of carbonyl (C=O) groups excluding carboxylic acids is 2. The molecule has 0 unspecified atom stereocenters. The van der Waals surface area contributed by atoms with Crippen LogP contribution in [0.5, 0.6) is 0 Å². The van der Waals surface area contributed by atoms with E-state index >= 15 is 0 Å². The van der Waals surface area contributed by atoms with Gasteiger partial charge in [-0.2, -0.15) is 0 Å². The summed E-state index contributed by atoms with van der Waals surface area (Å²) in [6.07, 6.45) is 2.83. The quantitative estimate of drug-likeness (QED) is 0.604. The number of hydrogen-bond donors (Lipinski definition) is 0. The van der Waals surface area contributed by atoms with Crippen LogP contribution in [0.1, 0.15) is 5.56 Å². The van der Waals surface area contributed by atoms with Gasteiger partial charge in [0.15, 0.2) is 12.0 Å². The number of ether oxygens (including phenoxy) is 2. The number of nitrogens with zero attached hydrogens (tertiary/aromatic N) is 1. The van der Waals surface area contributed by atoms with Crippen molar-refractivity contribution >= 4 is 11.9 Å². The van der Waals surface area contributed by atoms with Crippen molar-refractivity contribution in [2.75, 3.05) is 7.11 Å². The summed E-state index contributed by atoms with van der Waals surface area (Å²) in [6, 6.07) is 8.77. The topological polar surface area (TPSA) is 55.8 Å². The first kappa shape index (κ1) is 12.9. The summed E-state index contributed by atoms with van der Waals surface area (Å²) in [5, 5.41) is 0. The lowest BCUT2D eigenvalue weighted by atomic mass is 10.1. The van der Waals surface area contributed by atoms with Crippen LogP contribution < -0.4 is 0 Å². The van der Waals surface area contributed by atoms with Crippen LogP contribution in [0.3, 0.4) is 0 Å². The van der Waals surface area contributed by atoms with Crippen LogP contribution in [-0.4, -0.2) is 30.0 Å². The summed E-state index contributed by atoms with van der Waals surface area (Å²) in [6.45, 7) is 0.357. The van der Waals surface area contributed by atoms with Gasteiger partial charge in [-0.3, -0.25) is 0 Å². The molecule has 19 heavy (non-hydrogen) atoms. The van der Waals surface area contributed by atoms with Gasteiger partial charge in [0, 0.05) is 6.54 Å². The highest BCUT2D eigenvalue weighted by atomic mass is 16.5. The van der Waals surface area contributed by atoms with Gasteiger partial charge in [0.05, 0.1) is 13.4 Å². The van der Waals surface area contributed by atoms with E-state index in [-0.39, 0.29) is 5.88 Å². The average Bonchev–Trinajstić information content (AvgIpc) is 2.47. The molecule has 1 aliphatic heterocycles. The molecule has 0 saturated carbocycles. The van der Waals surface area contributed by atoms with Crippen LogP contribution in [0.4, 0.5) is 0 Å². The van der Waals surface area contributed by atoms with Gasteiger partial charge in [-0.15, -0.1) is 0 Å². The maximum absolute atomic E-state index is 11.7. The van der Waals surface area contributed by atoms with E-state index in [2.05, 4.69) is 0 Å². The van der Waals surface area contributed by atoms with Gasteiger partial charge < -0.3 is 14.4 Å². The van der Waals surface area contributed by atoms with E-state index in [1.54, 1.807) is 5.94 Å². The normalized spacial score (nSPS) is 17.6. The van der Waals surface area contributed by atoms with Crippen LogP contribution in [-0.2, 0) is 25.6 Å². The molecule has 1 heterocycles. The molecule has 0 amide bonds. The van der Waals surface area contributed by atoms with Gasteiger partial charge in [-0.05, 0) is 11.6 Å². The summed E-state index contributed by atoms with van der Waals surface area (Å²) in [4.78, 5) is 24.1. The van der Waals surface area contributed by atoms with Crippen LogP contribution in [0.25, 0.3) is 0 Å². The highest BCUT2D eigenvalue weighted by Crippen LogP contribution is 2.20. The van der Waals surface area contributed by atoms with Crippen LogP contribution in [0, 0.1) is 0 Å². The van der Waals surface area contributed by atoms with Crippen molar-refractivity contribution in [3.63, 3.8) is 0 Å². The van der Waals surface area contributed by atoms with E-state index in [1.165, 1.54) is 24.3 Å². The Hall–Kier alpha value is -2.52. The molecule has 0 N–H and O–H groups in total. The molecule has 0 bridgehead atoms. The Bertz CT molecular complexity index is 532. The second kappa shape index (κ2) is 5.89. The number of benzene rings is 1. The number of esters is 1. The summed E-state index contributed by atoms with van der Waals surface area (Å²) in [7, 11) is 1.30. The molecule has 98 valence electrons. The van der Waals surface area contributed by atoms with Crippen LogP contribution >= 0.6 is 0 Å². The van der Waals surface area contributed by atoms with E-state index in [1.807, 2.05) is 30.3 Å². The maximum Gasteiger partial charge on any atom is 0.332 e. The van der Waals surface area contributed by atoms with E-state index in [9.17, 15) is 9.59 Å². The predicted molar refractivity (Wildman–Crippen MR) is 67.2 cm³/mol. The molecule has 1 aliphatic rings. The SMILES string of the molecule is COC(=O)[C@@H]1C=COC(=C=O)N1Cc1ccccc1. The maximum atomic E-state index is 11.7. The molecule has 0 aliphatic carbocycles. The first-order valence-corrected chi connectivity index (χ1v) is 5.73. The number of methoxy groups -OCH3 is 1. The third-order valence-corrected chi connectivity index (χ3v) is 2.76. The standard InChI is InChI=1S/C14H13NO4/c1-18-14(17)12-7-8-19-13(10-16)15(12)9-11-5-3-2-4-6-11/h2-8,12H,9H2,1H3/t12-/m0/s1. The Labute approximate surface area is 110 Å². The molecule has 5 nitrogen and oxygen atoms in total. The first-order chi connectivity index (χ1) is 9.26. The number of carbonyl (C=O) groups is 1. The summed E-state index contributed by atoms with van der Waals surface area (Å²) in [5.74, 6) is 1.21. The molecule has 0 radical (unpaired) electrons. The smallest absolute Gasteiger partial charge is 0.332 e. The largest absolute Gasteiger partial charge is 0.467 e. The molecular formula is C14H13NO4. The molecule has 0 saturated heterocycles. The van der Waals surface area contributed by atoms with Crippen molar-refractivity contribution in [2.45, 2.75) is 12.6 Å². The Morgan fingerprint density at radius 2 is 2.16 bits per heavy atom. The Balaban J connectivity index is 2.28. The van der Waals surface area contributed by atoms with Crippen molar-refractivity contribution in [3.05, 3.63) is 54.1 Å². The van der Waals surface area contributed by atoms with Gasteiger partial charge >= 0.3 is 5.97 Å². The van der Waals surface area contributed by atoms with Gasteiger partial charge in [-0.1, -0.05) is 30.3 Å². The highest BCUT2D eigenvalue weighted by Gasteiger charge is 2.30. The monoisotopic (exact) mass is 259 g/mol. The molecule has 0 spiro atoms. The summed E-state index contributed by atoms with van der Waals surface area (Å²) >= 11 is 0. The predicted octanol–water partition coefficient (Wildman–Crippen LogP) is 1.25. The van der Waals surface area contributed by atoms with E-state index < -0.39 is 12.0 Å². The molecular weight excluding hydrogens is 246 g/mol. The van der Waals surface area contributed by atoms with E-state index in [0.717, 1.165) is 5.56 Å². The van der Waals surface area contributed by atoms with Crippen molar-refractivity contribution < 1.29 is 19.1 Å². The zero-order valence-electron chi connectivity index (χ0n) is 10.4. The fourth-order valence-corrected chi connectivity index (χ4v) is 1.84. The van der Waals surface area contributed by atoms with Crippen molar-refractivity contribution in [1.29, 1.82) is 0 Å². The molecule has 1 atom stereocenters. The summed E-state index contributed by atoms with van der Waals surface area (Å²) < 4.78 is 9.79. The van der Waals surface area contributed by atoms with Crippen molar-refractivity contribution in [2.24, 2.45) is 0 Å². The molecule has 1 aromatic rings. The third-order valence-electron chi connectivity index (χ3n) is 2.76. The van der Waals surface area contributed by atoms with Gasteiger partial charge in [0.2, 0.25) is 0 Å². The lowest BCUT2D eigenvalue weighted by Gasteiger charge is -2.31. The zero-order valence-corrected chi connectivity index (χ0v) is 10.4. The van der Waals surface area contributed by atoms with Crippen LogP contribution in [0.15, 0.2) is 48.6 Å². The van der Waals surface area contributed by atoms with Crippen molar-refractivity contribution in [1.82, 2.24) is 4.90 Å².